The van der Waals surface area contributed by atoms with Crippen molar-refractivity contribution in [1.82, 2.24) is 9.39 Å². The van der Waals surface area contributed by atoms with Gasteiger partial charge in [0, 0.05) is 12.7 Å². The van der Waals surface area contributed by atoms with Gasteiger partial charge in [-0.2, -0.15) is 4.08 Å². The van der Waals surface area contributed by atoms with Crippen molar-refractivity contribution >= 4 is 53.1 Å². The molecule has 1 aromatic carbocycles. The third-order valence-electron chi connectivity index (χ3n) is 3.42. The molecule has 1 unspecified atom stereocenters. The van der Waals surface area contributed by atoms with Gasteiger partial charge in [0.2, 0.25) is 0 Å². The smallest absolute Gasteiger partial charge is 0.434 e. The lowest BCUT2D eigenvalue weighted by Gasteiger charge is -2.33. The Morgan fingerprint density at radius 3 is 2.63 bits per heavy atom. The zero-order chi connectivity index (χ0) is 20.1. The second-order valence-corrected chi connectivity index (χ2v) is 12.0. The minimum absolute atomic E-state index is 0.340. The molecule has 152 valence electrons. The Morgan fingerprint density at radius 1 is 1.33 bits per heavy atom. The van der Waals surface area contributed by atoms with E-state index in [2.05, 4.69) is 21.5 Å². The molecular weight excluding hydrogens is 421 g/mol. The maximum atomic E-state index is 11.7. The summed E-state index contributed by atoms with van der Waals surface area (Å²) in [5.41, 5.74) is 0. The Morgan fingerprint density at radius 2 is 2.04 bits per heavy atom. The lowest BCUT2D eigenvalue weighted by molar-refractivity contribution is 0.153. The van der Waals surface area contributed by atoms with E-state index in [1.54, 1.807) is 6.92 Å². The molecule has 1 N–H and O–H groups in total. The molecule has 6 nitrogen and oxygen atoms in total. The second-order valence-electron chi connectivity index (χ2n) is 5.43. The predicted octanol–water partition coefficient (Wildman–Crippen LogP) is 5.53. The highest BCUT2D eigenvalue weighted by Crippen LogP contribution is 2.54. The van der Waals surface area contributed by atoms with Gasteiger partial charge in [-0.3, -0.25) is 4.84 Å². The Bertz CT molecular complexity index is 647. The maximum Gasteiger partial charge on any atom is 0.434 e. The van der Waals surface area contributed by atoms with Crippen LogP contribution in [-0.4, -0.2) is 40.1 Å². The maximum absolute atomic E-state index is 11.7. The van der Waals surface area contributed by atoms with Crippen molar-refractivity contribution in [3.8, 4) is 5.75 Å². The van der Waals surface area contributed by atoms with E-state index >= 15 is 0 Å². The van der Waals surface area contributed by atoms with Gasteiger partial charge in [-0.15, -0.1) is 11.8 Å². The first kappa shape index (κ1) is 24.3. The fourth-order valence-electron chi connectivity index (χ4n) is 1.85. The second kappa shape index (κ2) is 13.4. The molecule has 0 radical (unpaired) electrons. The van der Waals surface area contributed by atoms with Gasteiger partial charge in [0.15, 0.2) is 6.42 Å². The molecule has 0 heterocycles. The van der Waals surface area contributed by atoms with Crippen LogP contribution in [0.1, 0.15) is 33.6 Å². The van der Waals surface area contributed by atoms with Gasteiger partial charge in [0.25, 0.3) is 0 Å². The molecular formula is C17H28N3O3PS3. The Balaban J connectivity index is 2.69. The van der Waals surface area contributed by atoms with E-state index in [9.17, 15) is 4.79 Å². The normalized spacial score (nSPS) is 13.9. The molecule has 0 aliphatic carbocycles. The summed E-state index contributed by atoms with van der Waals surface area (Å²) < 4.78 is 8.34. The van der Waals surface area contributed by atoms with Crippen LogP contribution in [-0.2, 0) is 16.6 Å². The molecule has 27 heavy (non-hydrogen) atoms. The van der Waals surface area contributed by atoms with Crippen molar-refractivity contribution in [2.45, 2.75) is 33.6 Å². The van der Waals surface area contributed by atoms with Gasteiger partial charge in [-0.1, -0.05) is 55.6 Å². The summed E-state index contributed by atoms with van der Waals surface area (Å²) in [7, 11) is 0. The van der Waals surface area contributed by atoms with Crippen LogP contribution in [0.2, 0.25) is 0 Å². The van der Waals surface area contributed by atoms with Gasteiger partial charge in [-0.05, 0) is 43.5 Å². The minimum atomic E-state index is -2.25. The average molecular weight is 450 g/mol. The predicted molar refractivity (Wildman–Crippen MR) is 122 cm³/mol. The van der Waals surface area contributed by atoms with Crippen LogP contribution in [0.5, 0.6) is 5.75 Å². The summed E-state index contributed by atoms with van der Waals surface area (Å²) in [6.45, 7) is 6.76. The number of carbonyl (C=O) groups is 1. The molecule has 0 saturated carbocycles. The van der Waals surface area contributed by atoms with Gasteiger partial charge in [0.1, 0.15) is 10.8 Å². The molecule has 0 aliphatic rings. The topological polar surface area (TPSA) is 63.2 Å². The number of hydrogen-bond donors (Lipinski definition) is 1. The van der Waals surface area contributed by atoms with Crippen molar-refractivity contribution in [2.24, 2.45) is 5.16 Å². The van der Waals surface area contributed by atoms with Crippen molar-refractivity contribution in [3.05, 3.63) is 30.3 Å². The third kappa shape index (κ3) is 9.34. The molecule has 1 amide bonds. The zero-order valence-corrected chi connectivity index (χ0v) is 19.6. The molecule has 0 saturated heterocycles. The van der Waals surface area contributed by atoms with E-state index in [0.717, 1.165) is 31.3 Å². The van der Waals surface area contributed by atoms with Gasteiger partial charge >= 0.3 is 6.09 Å². The van der Waals surface area contributed by atoms with Crippen LogP contribution >= 0.6 is 30.1 Å². The average Bonchev–Trinajstić information content (AvgIpc) is 2.69. The van der Waals surface area contributed by atoms with E-state index in [4.69, 9.17) is 21.2 Å². The summed E-state index contributed by atoms with van der Waals surface area (Å²) in [5.74, 6) is 1.12. The number of nitrogens with zero attached hydrogens (tertiary/aromatic N) is 2. The number of hydrogen-bond acceptors (Lipinski definition) is 7. The van der Waals surface area contributed by atoms with E-state index in [1.807, 2.05) is 43.5 Å². The SMILES string of the molecule is CCCCN(SCNC(=O)ON=C(C)SC)P(=S)(CC)Oc1ccccc1. The lowest BCUT2D eigenvalue weighted by atomic mass is 10.3. The number of oxime groups is 1. The lowest BCUT2D eigenvalue weighted by Crippen LogP contribution is -2.27. The number of benzene rings is 1. The van der Waals surface area contributed by atoms with Crippen molar-refractivity contribution in [3.63, 3.8) is 0 Å². The van der Waals surface area contributed by atoms with Crippen LogP contribution in [0, 0.1) is 0 Å². The van der Waals surface area contributed by atoms with E-state index in [0.29, 0.717) is 10.9 Å². The highest BCUT2D eigenvalue weighted by molar-refractivity contribution is 8.17. The Labute approximate surface area is 176 Å². The first-order valence-electron chi connectivity index (χ1n) is 8.73. The summed E-state index contributed by atoms with van der Waals surface area (Å²) >= 11 is 8.81. The number of nitrogens with one attached hydrogen (secondary N) is 1. The zero-order valence-electron chi connectivity index (χ0n) is 16.2. The third-order valence-corrected chi connectivity index (χ3v) is 10.0. The van der Waals surface area contributed by atoms with Crippen LogP contribution in [0.3, 0.4) is 0 Å². The molecule has 1 rings (SSSR count). The van der Waals surface area contributed by atoms with E-state index in [1.165, 1.54) is 23.7 Å². The summed E-state index contributed by atoms with van der Waals surface area (Å²) in [6, 6.07) is 9.65. The monoisotopic (exact) mass is 449 g/mol. The molecule has 0 spiro atoms. The first-order chi connectivity index (χ1) is 12.9. The van der Waals surface area contributed by atoms with Gasteiger partial charge in [-0.25, -0.2) is 4.79 Å². The molecule has 1 aromatic rings. The largest absolute Gasteiger partial charge is 0.452 e. The highest BCUT2D eigenvalue weighted by Gasteiger charge is 2.27. The standard InChI is InChI=1S/C17H28N3O3PS3/c1-5-7-13-20(27-14-18-17(21)22-19-15(3)26-4)24(25,6-2)23-16-11-9-8-10-12-16/h8-12H,5-7,13-14H2,1-4H3,(H,18,21). The van der Waals surface area contributed by atoms with Crippen LogP contribution in [0.25, 0.3) is 0 Å². The number of rotatable bonds is 11. The van der Waals surface area contributed by atoms with E-state index in [-0.39, 0.29) is 0 Å². The molecule has 0 bridgehead atoms. The number of para-hydroxylation sites is 1. The molecule has 0 aliphatic heterocycles. The number of thioether (sulfide) groups is 1. The van der Waals surface area contributed by atoms with Crippen molar-refractivity contribution < 1.29 is 14.2 Å². The van der Waals surface area contributed by atoms with Gasteiger partial charge in [0.05, 0.1) is 5.88 Å². The van der Waals surface area contributed by atoms with Gasteiger partial charge < -0.3 is 9.84 Å². The van der Waals surface area contributed by atoms with Crippen molar-refractivity contribution in [2.75, 3.05) is 24.8 Å². The number of carbonyl (C=O) groups excluding carboxylic acids is 1. The fraction of sp³-hybridized carbons (Fsp3) is 0.529. The summed E-state index contributed by atoms with van der Waals surface area (Å²) in [4.78, 5) is 16.5. The van der Waals surface area contributed by atoms with Crippen LogP contribution in [0.4, 0.5) is 4.79 Å². The highest BCUT2D eigenvalue weighted by atomic mass is 32.5. The Hall–Kier alpha value is -0.730. The molecule has 0 fully saturated rings. The number of amides is 1. The van der Waals surface area contributed by atoms with Crippen molar-refractivity contribution in [1.29, 1.82) is 0 Å². The Kier molecular flexibility index (Phi) is 12.1. The number of unbranched alkanes of at least 4 members (excludes halogenated alkanes) is 1. The molecule has 10 heteroatoms. The minimum Gasteiger partial charge on any atom is -0.452 e. The van der Waals surface area contributed by atoms with Crippen LogP contribution < -0.4 is 9.84 Å². The van der Waals surface area contributed by atoms with Crippen LogP contribution in [0.15, 0.2) is 35.5 Å². The molecule has 1 atom stereocenters. The quantitative estimate of drug-likeness (QED) is 0.0907. The summed E-state index contributed by atoms with van der Waals surface area (Å²) in [6.07, 6.45) is 1.82. The first-order valence-corrected chi connectivity index (χ1v) is 13.8. The van der Waals surface area contributed by atoms with E-state index < -0.39 is 12.5 Å². The summed E-state index contributed by atoms with van der Waals surface area (Å²) in [5, 5.41) is 7.09. The fourth-order valence-corrected chi connectivity index (χ4v) is 6.24. The molecule has 0 aromatic heterocycles.